The van der Waals surface area contributed by atoms with Crippen LogP contribution in [0.1, 0.15) is 11.1 Å². The highest BCUT2D eigenvalue weighted by atomic mass is 32.2. The first-order valence-electron chi connectivity index (χ1n) is 7.77. The van der Waals surface area contributed by atoms with E-state index in [1.165, 1.54) is 14.2 Å². The Morgan fingerprint density at radius 1 is 1.19 bits per heavy atom. The molecule has 2 rings (SSSR count). The highest BCUT2D eigenvalue weighted by Gasteiger charge is 2.17. The lowest BCUT2D eigenvalue weighted by Crippen LogP contribution is -2.37. The number of amides is 1. The highest BCUT2D eigenvalue weighted by Crippen LogP contribution is 2.25. The Hall–Kier alpha value is -2.65. The third kappa shape index (κ3) is 6.01. The third-order valence-electron chi connectivity index (χ3n) is 3.50. The van der Waals surface area contributed by atoms with E-state index in [0.29, 0.717) is 17.1 Å². The predicted octanol–water partition coefficient (Wildman–Crippen LogP) is 0.835. The smallest absolute Gasteiger partial charge is 0.235 e. The summed E-state index contributed by atoms with van der Waals surface area (Å²) in [6.45, 7) is -0.0677. The van der Waals surface area contributed by atoms with Crippen molar-refractivity contribution < 1.29 is 22.7 Å². The minimum atomic E-state index is -3.71. The normalized spacial score (nSPS) is 11.0. The molecule has 0 atom stereocenters. The fourth-order valence-electron chi connectivity index (χ4n) is 2.17. The van der Waals surface area contributed by atoms with Gasteiger partial charge < -0.3 is 14.8 Å². The van der Waals surface area contributed by atoms with Gasteiger partial charge in [0.15, 0.2) is 0 Å². The molecule has 0 aliphatic rings. The molecular formula is C17H21N3O5S. The lowest BCUT2D eigenvalue weighted by atomic mass is 10.2. The molecule has 0 saturated heterocycles. The number of hydrogen-bond acceptors (Lipinski definition) is 6. The van der Waals surface area contributed by atoms with Gasteiger partial charge in [-0.3, -0.25) is 9.78 Å². The van der Waals surface area contributed by atoms with Crippen LogP contribution in [-0.4, -0.2) is 40.1 Å². The summed E-state index contributed by atoms with van der Waals surface area (Å²) in [6.07, 6.45) is 3.26. The summed E-state index contributed by atoms with van der Waals surface area (Å²) >= 11 is 0. The summed E-state index contributed by atoms with van der Waals surface area (Å²) in [4.78, 5) is 15.8. The van der Waals surface area contributed by atoms with Crippen molar-refractivity contribution in [2.24, 2.45) is 0 Å². The largest absolute Gasteiger partial charge is 0.497 e. The SMILES string of the molecule is COc1ccc(CS(=O)(=O)NCC(=O)NCc2cccnc2)c(OC)c1. The molecule has 1 amide bonds. The number of methoxy groups -OCH3 is 2. The molecule has 1 aromatic carbocycles. The zero-order chi connectivity index (χ0) is 19.0. The molecule has 2 N–H and O–H groups in total. The quantitative estimate of drug-likeness (QED) is 0.669. The first-order chi connectivity index (χ1) is 12.4. The van der Waals surface area contributed by atoms with Crippen LogP contribution in [0, 0.1) is 0 Å². The fraction of sp³-hybridized carbons (Fsp3) is 0.294. The van der Waals surface area contributed by atoms with Crippen LogP contribution in [0.25, 0.3) is 0 Å². The first-order valence-corrected chi connectivity index (χ1v) is 9.42. The Morgan fingerprint density at radius 2 is 2.00 bits per heavy atom. The van der Waals surface area contributed by atoms with Crippen LogP contribution >= 0.6 is 0 Å². The van der Waals surface area contributed by atoms with Gasteiger partial charge in [0.1, 0.15) is 11.5 Å². The molecule has 0 unspecified atom stereocenters. The maximum absolute atomic E-state index is 12.2. The Bertz CT molecular complexity index is 841. The second-order valence-corrected chi connectivity index (χ2v) is 7.20. The summed E-state index contributed by atoms with van der Waals surface area (Å²) in [6, 6.07) is 8.43. The van der Waals surface area contributed by atoms with Crippen molar-refractivity contribution in [1.29, 1.82) is 0 Å². The van der Waals surface area contributed by atoms with Crippen molar-refractivity contribution in [1.82, 2.24) is 15.0 Å². The number of carbonyl (C=O) groups excluding carboxylic acids is 1. The molecule has 1 heterocycles. The Morgan fingerprint density at radius 3 is 2.65 bits per heavy atom. The van der Waals surface area contributed by atoms with Crippen molar-refractivity contribution in [3.05, 3.63) is 53.9 Å². The summed E-state index contributed by atoms with van der Waals surface area (Å²) in [5, 5.41) is 2.63. The van der Waals surface area contributed by atoms with Crippen LogP contribution in [0.3, 0.4) is 0 Å². The second-order valence-electron chi connectivity index (χ2n) is 5.40. The Labute approximate surface area is 152 Å². The minimum Gasteiger partial charge on any atom is -0.497 e. The number of carbonyl (C=O) groups is 1. The van der Waals surface area contributed by atoms with E-state index in [1.807, 2.05) is 6.07 Å². The van der Waals surface area contributed by atoms with Crippen molar-refractivity contribution in [2.75, 3.05) is 20.8 Å². The van der Waals surface area contributed by atoms with Crippen LogP contribution < -0.4 is 19.5 Å². The molecule has 8 nitrogen and oxygen atoms in total. The van der Waals surface area contributed by atoms with Gasteiger partial charge in [-0.05, 0) is 17.7 Å². The number of benzene rings is 1. The Kier molecular flexibility index (Phi) is 6.93. The van der Waals surface area contributed by atoms with Crippen LogP contribution in [-0.2, 0) is 27.1 Å². The number of sulfonamides is 1. The van der Waals surface area contributed by atoms with E-state index in [0.717, 1.165) is 5.56 Å². The molecule has 0 radical (unpaired) electrons. The lowest BCUT2D eigenvalue weighted by molar-refractivity contribution is -0.120. The molecule has 0 saturated carbocycles. The number of rotatable bonds is 9. The van der Waals surface area contributed by atoms with Crippen molar-refractivity contribution in [3.63, 3.8) is 0 Å². The lowest BCUT2D eigenvalue weighted by Gasteiger charge is -2.12. The van der Waals surface area contributed by atoms with Gasteiger partial charge in [0.25, 0.3) is 0 Å². The van der Waals surface area contributed by atoms with Crippen molar-refractivity contribution in [3.8, 4) is 11.5 Å². The van der Waals surface area contributed by atoms with Gasteiger partial charge in [0.2, 0.25) is 15.9 Å². The molecule has 0 aliphatic carbocycles. The van der Waals surface area contributed by atoms with E-state index in [4.69, 9.17) is 9.47 Å². The summed E-state index contributed by atoms with van der Waals surface area (Å²) in [7, 11) is -0.749. The van der Waals surface area contributed by atoms with Gasteiger partial charge in [-0.1, -0.05) is 12.1 Å². The molecule has 0 bridgehead atoms. The van der Waals surface area contributed by atoms with Crippen LogP contribution in [0.5, 0.6) is 11.5 Å². The molecule has 2 aromatic rings. The summed E-state index contributed by atoms with van der Waals surface area (Å²) in [5.41, 5.74) is 1.29. The maximum Gasteiger partial charge on any atom is 0.235 e. The van der Waals surface area contributed by atoms with E-state index >= 15 is 0 Å². The van der Waals surface area contributed by atoms with Gasteiger partial charge in [-0.25, -0.2) is 13.1 Å². The molecule has 1 aromatic heterocycles. The number of pyridine rings is 1. The van der Waals surface area contributed by atoms with Gasteiger partial charge in [0, 0.05) is 30.6 Å². The second kappa shape index (κ2) is 9.16. The molecule has 0 fully saturated rings. The standard InChI is InChI=1S/C17H21N3O5S/c1-24-15-6-5-14(16(8-15)25-2)12-26(22,23)20-11-17(21)19-10-13-4-3-7-18-9-13/h3-9,20H,10-12H2,1-2H3,(H,19,21). The van der Waals surface area contributed by atoms with Gasteiger partial charge in [-0.2, -0.15) is 0 Å². The van der Waals surface area contributed by atoms with Gasteiger partial charge in [-0.15, -0.1) is 0 Å². The summed E-state index contributed by atoms with van der Waals surface area (Å²) in [5.74, 6) is 0.219. The minimum absolute atomic E-state index is 0.278. The summed E-state index contributed by atoms with van der Waals surface area (Å²) < 4.78 is 37.0. The average Bonchev–Trinajstić information content (AvgIpc) is 2.65. The van der Waals surface area contributed by atoms with Crippen molar-refractivity contribution >= 4 is 15.9 Å². The van der Waals surface area contributed by atoms with E-state index in [1.54, 1.807) is 36.7 Å². The third-order valence-corrected chi connectivity index (χ3v) is 4.78. The highest BCUT2D eigenvalue weighted by molar-refractivity contribution is 7.88. The zero-order valence-electron chi connectivity index (χ0n) is 14.6. The topological polar surface area (TPSA) is 107 Å². The predicted molar refractivity (Wildman–Crippen MR) is 96.3 cm³/mol. The number of ether oxygens (including phenoxy) is 2. The van der Waals surface area contributed by atoms with Gasteiger partial charge >= 0.3 is 0 Å². The number of aromatic nitrogens is 1. The Balaban J connectivity index is 1.89. The van der Waals surface area contributed by atoms with E-state index < -0.39 is 15.9 Å². The fourth-order valence-corrected chi connectivity index (χ4v) is 3.27. The average molecular weight is 379 g/mol. The molecule has 9 heteroatoms. The molecule has 26 heavy (non-hydrogen) atoms. The van der Waals surface area contributed by atoms with Crippen LogP contribution in [0.4, 0.5) is 0 Å². The molecular weight excluding hydrogens is 358 g/mol. The maximum atomic E-state index is 12.2. The van der Waals surface area contributed by atoms with E-state index in [-0.39, 0.29) is 18.8 Å². The number of nitrogens with zero attached hydrogens (tertiary/aromatic N) is 1. The monoisotopic (exact) mass is 379 g/mol. The van der Waals surface area contributed by atoms with Crippen molar-refractivity contribution in [2.45, 2.75) is 12.3 Å². The molecule has 140 valence electrons. The van der Waals surface area contributed by atoms with Crippen LogP contribution in [0.15, 0.2) is 42.7 Å². The molecule has 0 spiro atoms. The molecule has 0 aliphatic heterocycles. The number of hydrogen-bond donors (Lipinski definition) is 2. The van der Waals surface area contributed by atoms with Crippen LogP contribution in [0.2, 0.25) is 0 Å². The van der Waals surface area contributed by atoms with E-state index in [9.17, 15) is 13.2 Å². The first kappa shape index (κ1) is 19.7. The zero-order valence-corrected chi connectivity index (χ0v) is 15.4. The van der Waals surface area contributed by atoms with E-state index in [2.05, 4.69) is 15.0 Å². The number of nitrogens with one attached hydrogen (secondary N) is 2. The van der Waals surface area contributed by atoms with Gasteiger partial charge in [0.05, 0.1) is 26.5 Å².